The summed E-state index contributed by atoms with van der Waals surface area (Å²) in [6, 6.07) is 8.06. The Hall–Kier alpha value is -2.70. The average Bonchev–Trinajstić information content (AvgIpc) is 3.29. The summed E-state index contributed by atoms with van der Waals surface area (Å²) in [6.07, 6.45) is 2.59. The summed E-state index contributed by atoms with van der Waals surface area (Å²) in [5, 5.41) is 6.74. The maximum Gasteiger partial charge on any atom is 0.257 e. The SMILES string of the molecule is CC(C)(C)c1ccc(-c2nc(CNC(=O)CCCN3CCCC3=O)no2)cc1. The summed E-state index contributed by atoms with van der Waals surface area (Å²) in [4.78, 5) is 29.7. The van der Waals surface area contributed by atoms with Crippen LogP contribution in [0.4, 0.5) is 0 Å². The predicted octanol–water partition coefficient (Wildman–Crippen LogP) is 3.05. The van der Waals surface area contributed by atoms with Gasteiger partial charge in [-0.1, -0.05) is 38.1 Å². The third-order valence-electron chi connectivity index (χ3n) is 4.91. The molecule has 0 saturated carbocycles. The lowest BCUT2D eigenvalue weighted by molar-refractivity contribution is -0.128. The van der Waals surface area contributed by atoms with Crippen LogP contribution in [0.2, 0.25) is 0 Å². The van der Waals surface area contributed by atoms with Gasteiger partial charge in [-0.25, -0.2) is 0 Å². The fraction of sp³-hybridized carbons (Fsp3) is 0.524. The van der Waals surface area contributed by atoms with Gasteiger partial charge in [0.1, 0.15) is 0 Å². The van der Waals surface area contributed by atoms with Crippen molar-refractivity contribution >= 4 is 11.8 Å². The first kappa shape index (κ1) is 20.0. The average molecular weight is 384 g/mol. The highest BCUT2D eigenvalue weighted by molar-refractivity contribution is 5.78. The molecule has 28 heavy (non-hydrogen) atoms. The van der Waals surface area contributed by atoms with Gasteiger partial charge in [0.2, 0.25) is 11.8 Å². The summed E-state index contributed by atoms with van der Waals surface area (Å²) >= 11 is 0. The van der Waals surface area contributed by atoms with E-state index >= 15 is 0 Å². The van der Waals surface area contributed by atoms with Crippen LogP contribution < -0.4 is 5.32 Å². The van der Waals surface area contributed by atoms with Gasteiger partial charge in [0.25, 0.3) is 5.89 Å². The van der Waals surface area contributed by atoms with Crippen molar-refractivity contribution < 1.29 is 14.1 Å². The van der Waals surface area contributed by atoms with E-state index in [-0.39, 0.29) is 23.8 Å². The van der Waals surface area contributed by atoms with E-state index in [2.05, 4.69) is 48.4 Å². The van der Waals surface area contributed by atoms with Crippen LogP contribution in [-0.2, 0) is 21.5 Å². The van der Waals surface area contributed by atoms with Gasteiger partial charge in [0, 0.05) is 31.5 Å². The van der Waals surface area contributed by atoms with E-state index in [0.717, 1.165) is 18.5 Å². The van der Waals surface area contributed by atoms with Crippen molar-refractivity contribution in [3.8, 4) is 11.5 Å². The van der Waals surface area contributed by atoms with E-state index in [4.69, 9.17) is 4.52 Å². The Balaban J connectivity index is 1.45. The third kappa shape index (κ3) is 5.18. The minimum atomic E-state index is -0.0764. The number of amides is 2. The zero-order valence-corrected chi connectivity index (χ0v) is 16.8. The van der Waals surface area contributed by atoms with Gasteiger partial charge in [-0.3, -0.25) is 9.59 Å². The van der Waals surface area contributed by atoms with Crippen molar-refractivity contribution in [2.24, 2.45) is 0 Å². The molecule has 1 saturated heterocycles. The molecule has 1 aliphatic rings. The molecular weight excluding hydrogens is 356 g/mol. The second kappa shape index (κ2) is 8.54. The lowest BCUT2D eigenvalue weighted by Crippen LogP contribution is -2.28. The minimum absolute atomic E-state index is 0.0764. The predicted molar refractivity (Wildman–Crippen MR) is 105 cm³/mol. The molecule has 0 atom stereocenters. The van der Waals surface area contributed by atoms with E-state index in [1.165, 1.54) is 5.56 Å². The summed E-state index contributed by atoms with van der Waals surface area (Å²) < 4.78 is 5.31. The number of hydrogen-bond acceptors (Lipinski definition) is 5. The molecule has 2 aromatic rings. The van der Waals surface area contributed by atoms with Gasteiger partial charge >= 0.3 is 0 Å². The molecule has 7 nitrogen and oxygen atoms in total. The summed E-state index contributed by atoms with van der Waals surface area (Å²) in [6.45, 7) is 8.17. The molecule has 0 unspecified atom stereocenters. The number of carbonyl (C=O) groups excluding carboxylic acids is 2. The maximum atomic E-state index is 12.0. The number of rotatable bonds is 7. The number of nitrogens with one attached hydrogen (secondary N) is 1. The van der Waals surface area contributed by atoms with Crippen molar-refractivity contribution in [3.05, 3.63) is 35.7 Å². The van der Waals surface area contributed by atoms with Crippen LogP contribution in [0.1, 0.15) is 57.8 Å². The molecule has 0 radical (unpaired) electrons. The Kier molecular flexibility index (Phi) is 6.11. The van der Waals surface area contributed by atoms with E-state index < -0.39 is 0 Å². The second-order valence-electron chi connectivity index (χ2n) is 8.21. The molecule has 1 fully saturated rings. The van der Waals surface area contributed by atoms with E-state index in [9.17, 15) is 9.59 Å². The lowest BCUT2D eigenvalue weighted by Gasteiger charge is -2.18. The molecule has 0 aliphatic carbocycles. The highest BCUT2D eigenvalue weighted by Crippen LogP contribution is 2.25. The minimum Gasteiger partial charge on any atom is -0.349 e. The quantitative estimate of drug-likeness (QED) is 0.793. The second-order valence-corrected chi connectivity index (χ2v) is 8.21. The monoisotopic (exact) mass is 384 g/mol. The van der Waals surface area contributed by atoms with Crippen molar-refractivity contribution in [1.29, 1.82) is 0 Å². The highest BCUT2D eigenvalue weighted by Gasteiger charge is 2.19. The molecular formula is C21H28N4O3. The smallest absolute Gasteiger partial charge is 0.257 e. The van der Waals surface area contributed by atoms with Gasteiger partial charge in [0.05, 0.1) is 6.54 Å². The third-order valence-corrected chi connectivity index (χ3v) is 4.91. The molecule has 0 bridgehead atoms. The van der Waals surface area contributed by atoms with Crippen molar-refractivity contribution in [2.45, 2.75) is 58.4 Å². The number of nitrogens with zero attached hydrogens (tertiary/aromatic N) is 3. The summed E-state index contributed by atoms with van der Waals surface area (Å²) in [5.41, 5.74) is 2.18. The van der Waals surface area contributed by atoms with Gasteiger partial charge in [-0.05, 0) is 36.0 Å². The Morgan fingerprint density at radius 3 is 2.64 bits per heavy atom. The zero-order chi connectivity index (χ0) is 20.1. The first-order chi connectivity index (χ1) is 13.3. The standard InChI is InChI=1S/C21H28N4O3/c1-21(2,3)16-10-8-15(9-11-16)20-23-17(24-28-20)14-22-18(26)6-4-12-25-13-5-7-19(25)27/h8-11H,4-7,12-14H2,1-3H3,(H,22,26). The molecule has 1 N–H and O–H groups in total. The molecule has 1 aromatic carbocycles. The fourth-order valence-electron chi connectivity index (χ4n) is 3.19. The Labute approximate surface area is 165 Å². The van der Waals surface area contributed by atoms with E-state index in [1.54, 1.807) is 0 Å². The lowest BCUT2D eigenvalue weighted by atomic mass is 9.87. The first-order valence-corrected chi connectivity index (χ1v) is 9.81. The fourth-order valence-corrected chi connectivity index (χ4v) is 3.19. The molecule has 7 heteroatoms. The van der Waals surface area contributed by atoms with Crippen LogP contribution >= 0.6 is 0 Å². The number of hydrogen-bond donors (Lipinski definition) is 1. The van der Waals surface area contributed by atoms with Crippen LogP contribution in [-0.4, -0.2) is 39.9 Å². The van der Waals surface area contributed by atoms with Crippen molar-refractivity contribution in [3.63, 3.8) is 0 Å². The van der Waals surface area contributed by atoms with E-state index in [0.29, 0.717) is 37.5 Å². The van der Waals surface area contributed by atoms with Crippen LogP contribution in [0.5, 0.6) is 0 Å². The normalized spacial score (nSPS) is 14.5. The van der Waals surface area contributed by atoms with Gasteiger partial charge in [-0.2, -0.15) is 4.98 Å². The number of aromatic nitrogens is 2. The summed E-state index contributed by atoms with van der Waals surface area (Å²) in [5.74, 6) is 0.998. The number of carbonyl (C=O) groups is 2. The van der Waals surface area contributed by atoms with Gasteiger partial charge < -0.3 is 14.7 Å². The largest absolute Gasteiger partial charge is 0.349 e. The van der Waals surface area contributed by atoms with E-state index in [1.807, 2.05) is 17.0 Å². The van der Waals surface area contributed by atoms with Gasteiger partial charge in [-0.15, -0.1) is 0 Å². The van der Waals surface area contributed by atoms with Crippen LogP contribution in [0.25, 0.3) is 11.5 Å². The summed E-state index contributed by atoms with van der Waals surface area (Å²) in [7, 11) is 0. The van der Waals surface area contributed by atoms with Crippen LogP contribution in [0.3, 0.4) is 0 Å². The molecule has 0 spiro atoms. The Morgan fingerprint density at radius 2 is 2.00 bits per heavy atom. The van der Waals surface area contributed by atoms with Crippen molar-refractivity contribution in [1.82, 2.24) is 20.4 Å². The van der Waals surface area contributed by atoms with Crippen LogP contribution in [0.15, 0.2) is 28.8 Å². The highest BCUT2D eigenvalue weighted by atomic mass is 16.5. The molecule has 2 heterocycles. The van der Waals surface area contributed by atoms with Gasteiger partial charge in [0.15, 0.2) is 5.82 Å². The molecule has 1 aliphatic heterocycles. The number of benzene rings is 1. The van der Waals surface area contributed by atoms with Crippen LogP contribution in [0, 0.1) is 0 Å². The maximum absolute atomic E-state index is 12.0. The topological polar surface area (TPSA) is 88.3 Å². The molecule has 1 aromatic heterocycles. The Bertz CT molecular complexity index is 821. The first-order valence-electron chi connectivity index (χ1n) is 9.81. The number of likely N-dealkylation sites (tertiary alicyclic amines) is 1. The molecule has 3 rings (SSSR count). The zero-order valence-electron chi connectivity index (χ0n) is 16.8. The molecule has 150 valence electrons. The molecule has 2 amide bonds. The Morgan fingerprint density at radius 1 is 1.25 bits per heavy atom. The van der Waals surface area contributed by atoms with Crippen molar-refractivity contribution in [2.75, 3.05) is 13.1 Å².